The number of ether oxygens (including phenoxy) is 1. The lowest BCUT2D eigenvalue weighted by Gasteiger charge is -2.57. The average Bonchev–Trinajstić information content (AvgIpc) is 3.22. The summed E-state index contributed by atoms with van der Waals surface area (Å²) >= 11 is 0. The topological polar surface area (TPSA) is 95.0 Å². The summed E-state index contributed by atoms with van der Waals surface area (Å²) in [6.07, 6.45) is 6.79. The van der Waals surface area contributed by atoms with E-state index in [1.54, 1.807) is 29.1 Å². The first kappa shape index (κ1) is 23.4. The van der Waals surface area contributed by atoms with Crippen molar-refractivity contribution >= 4 is 17.8 Å². The minimum atomic E-state index is -0.516. The Kier molecular flexibility index (Phi) is 5.78. The van der Waals surface area contributed by atoms with Gasteiger partial charge in [-0.1, -0.05) is 0 Å². The molecule has 5 fully saturated rings. The third kappa shape index (κ3) is 4.49. The van der Waals surface area contributed by atoms with Crippen molar-refractivity contribution in [3.05, 3.63) is 23.9 Å². The third-order valence-corrected chi connectivity index (χ3v) is 8.51. The van der Waals surface area contributed by atoms with Gasteiger partial charge in [0.15, 0.2) is 0 Å². The molecule has 2 amide bonds. The minimum absolute atomic E-state index is 0.0469. The minimum Gasteiger partial charge on any atom is -0.446 e. The predicted molar refractivity (Wildman–Crippen MR) is 128 cm³/mol. The van der Waals surface area contributed by atoms with E-state index < -0.39 is 5.60 Å². The second-order valence-electron chi connectivity index (χ2n) is 12.1. The monoisotopic (exact) mass is 470 g/mol. The Morgan fingerprint density at radius 1 is 1.21 bits per heavy atom. The molecule has 1 saturated heterocycles. The molecular weight excluding hydrogens is 432 g/mol. The highest BCUT2D eigenvalue weighted by molar-refractivity contribution is 5.94. The molecule has 6 rings (SSSR count). The molecule has 4 bridgehead atoms. The highest BCUT2D eigenvalue weighted by Gasteiger charge is 2.56. The summed E-state index contributed by atoms with van der Waals surface area (Å²) in [5.74, 6) is 1.85. The molecule has 186 valence electrons. The molecule has 1 aromatic heterocycles. The van der Waals surface area contributed by atoms with Crippen LogP contribution < -0.4 is 5.32 Å². The molecule has 8 heteroatoms. The Bertz CT molecular complexity index is 927. The normalized spacial score (nSPS) is 34.3. The van der Waals surface area contributed by atoms with Gasteiger partial charge in [0.25, 0.3) is 5.91 Å². The Morgan fingerprint density at radius 3 is 2.50 bits per heavy atom. The van der Waals surface area contributed by atoms with E-state index in [0.29, 0.717) is 42.2 Å². The van der Waals surface area contributed by atoms with Gasteiger partial charge < -0.3 is 25.0 Å². The molecule has 8 nitrogen and oxygen atoms in total. The third-order valence-electron chi connectivity index (χ3n) is 8.51. The molecule has 1 aliphatic heterocycles. The van der Waals surface area contributed by atoms with Crippen LogP contribution in [0.1, 0.15) is 69.7 Å². The zero-order valence-corrected chi connectivity index (χ0v) is 20.8. The average molecular weight is 471 g/mol. The van der Waals surface area contributed by atoms with Crippen molar-refractivity contribution in [2.75, 3.05) is 25.5 Å². The molecule has 0 aromatic carbocycles. The van der Waals surface area contributed by atoms with Crippen molar-refractivity contribution in [2.24, 2.45) is 17.8 Å². The summed E-state index contributed by atoms with van der Waals surface area (Å²) in [6.45, 7) is 7.21. The van der Waals surface area contributed by atoms with Crippen molar-refractivity contribution in [1.82, 2.24) is 14.8 Å². The van der Waals surface area contributed by atoms with Crippen molar-refractivity contribution < 1.29 is 19.4 Å². The molecule has 0 radical (unpaired) electrons. The van der Waals surface area contributed by atoms with Crippen LogP contribution in [0.25, 0.3) is 0 Å². The van der Waals surface area contributed by atoms with Gasteiger partial charge in [0.05, 0.1) is 11.2 Å². The van der Waals surface area contributed by atoms with Gasteiger partial charge in [-0.3, -0.25) is 4.79 Å². The molecule has 2 heterocycles. The number of anilines is 1. The Hall–Kier alpha value is -2.35. The van der Waals surface area contributed by atoms with Crippen molar-refractivity contribution in [1.29, 1.82) is 0 Å². The first-order valence-electron chi connectivity index (χ1n) is 12.7. The number of hydrogen-bond acceptors (Lipinski definition) is 6. The number of nitrogens with one attached hydrogen (secondary N) is 1. The van der Waals surface area contributed by atoms with Gasteiger partial charge in [0, 0.05) is 37.9 Å². The standard InChI is InChI=1S/C26H38N4O4/c1-25(2,3)29(4)23(31)17-5-6-21(27-14-17)28-20-7-8-30(15-20)24(32)34-22-18-9-16-10-19(22)13-26(33,11-16)12-18/h5-6,14,16,18-20,22,33H,7-13,15H2,1-4H3,(H,27,28)/t16?,18-,19?,20?,22?,26?/m0/s1. The number of carbonyl (C=O) groups is 2. The molecule has 0 spiro atoms. The summed E-state index contributed by atoms with van der Waals surface area (Å²) in [6, 6.07) is 3.71. The van der Waals surface area contributed by atoms with Gasteiger partial charge in [-0.25, -0.2) is 9.78 Å². The zero-order chi connectivity index (χ0) is 24.3. The van der Waals surface area contributed by atoms with Crippen LogP contribution in [0.5, 0.6) is 0 Å². The molecule has 4 saturated carbocycles. The number of carbonyl (C=O) groups excluding carboxylic acids is 2. The van der Waals surface area contributed by atoms with E-state index in [1.807, 2.05) is 26.8 Å². The summed E-state index contributed by atoms with van der Waals surface area (Å²) < 4.78 is 6.04. The summed E-state index contributed by atoms with van der Waals surface area (Å²) in [4.78, 5) is 33.5. The number of aromatic nitrogens is 1. The fourth-order valence-electron chi connectivity index (χ4n) is 6.68. The fraction of sp³-hybridized carbons (Fsp3) is 0.731. The zero-order valence-electron chi connectivity index (χ0n) is 20.8. The number of nitrogens with zero attached hydrogens (tertiary/aromatic N) is 3. The van der Waals surface area contributed by atoms with Gasteiger partial charge in [-0.15, -0.1) is 0 Å². The number of aliphatic hydroxyl groups is 1. The Morgan fingerprint density at radius 2 is 1.91 bits per heavy atom. The van der Waals surface area contributed by atoms with Crippen LogP contribution in [0.4, 0.5) is 10.6 Å². The molecule has 5 unspecified atom stereocenters. The highest BCUT2D eigenvalue weighted by atomic mass is 16.6. The largest absolute Gasteiger partial charge is 0.446 e. The van der Waals surface area contributed by atoms with Crippen LogP contribution in [0.15, 0.2) is 18.3 Å². The molecular formula is C26H38N4O4. The summed E-state index contributed by atoms with van der Waals surface area (Å²) in [5.41, 5.74) is -0.219. The quantitative estimate of drug-likeness (QED) is 0.699. The maximum atomic E-state index is 12.9. The molecule has 2 N–H and O–H groups in total. The van der Waals surface area contributed by atoms with Crippen LogP contribution in [0.2, 0.25) is 0 Å². The summed E-state index contributed by atoms with van der Waals surface area (Å²) in [7, 11) is 1.80. The number of likely N-dealkylation sites (tertiary alicyclic amines) is 1. The number of hydrogen-bond donors (Lipinski definition) is 2. The second kappa shape index (κ2) is 8.40. The lowest BCUT2D eigenvalue weighted by Crippen LogP contribution is -2.58. The smallest absolute Gasteiger partial charge is 0.410 e. The molecule has 34 heavy (non-hydrogen) atoms. The molecule has 6 atom stereocenters. The Labute approximate surface area is 202 Å². The number of pyridine rings is 1. The van der Waals surface area contributed by atoms with Crippen LogP contribution in [0.3, 0.4) is 0 Å². The van der Waals surface area contributed by atoms with E-state index in [9.17, 15) is 14.7 Å². The van der Waals surface area contributed by atoms with Gasteiger partial charge >= 0.3 is 6.09 Å². The maximum Gasteiger partial charge on any atom is 0.410 e. The first-order valence-corrected chi connectivity index (χ1v) is 12.7. The molecule has 1 aromatic rings. The van der Waals surface area contributed by atoms with E-state index in [1.165, 1.54) is 0 Å². The fourth-order valence-corrected chi connectivity index (χ4v) is 6.68. The number of rotatable bonds is 4. The number of amides is 2. The Balaban J connectivity index is 1.13. The van der Waals surface area contributed by atoms with E-state index >= 15 is 0 Å². The van der Waals surface area contributed by atoms with E-state index in [2.05, 4.69) is 10.3 Å². The van der Waals surface area contributed by atoms with Gasteiger partial charge in [0.2, 0.25) is 0 Å². The lowest BCUT2D eigenvalue weighted by molar-refractivity contribution is -0.177. The van der Waals surface area contributed by atoms with Crippen LogP contribution in [-0.2, 0) is 4.74 Å². The van der Waals surface area contributed by atoms with Crippen LogP contribution in [0, 0.1) is 17.8 Å². The highest BCUT2D eigenvalue weighted by Crippen LogP contribution is 2.56. The first-order chi connectivity index (χ1) is 16.0. The molecule has 4 aliphatic carbocycles. The van der Waals surface area contributed by atoms with Gasteiger partial charge in [-0.2, -0.15) is 0 Å². The van der Waals surface area contributed by atoms with Crippen molar-refractivity contribution in [3.8, 4) is 0 Å². The van der Waals surface area contributed by atoms with E-state index in [0.717, 1.165) is 38.5 Å². The van der Waals surface area contributed by atoms with Gasteiger partial charge in [-0.05, 0) is 89.2 Å². The molecule has 5 aliphatic rings. The predicted octanol–water partition coefficient (Wildman–Crippen LogP) is 3.51. The second-order valence-corrected chi connectivity index (χ2v) is 12.1. The van der Waals surface area contributed by atoms with E-state index in [4.69, 9.17) is 4.74 Å². The van der Waals surface area contributed by atoms with E-state index in [-0.39, 0.29) is 29.7 Å². The summed E-state index contributed by atoms with van der Waals surface area (Å²) in [5, 5.41) is 14.2. The van der Waals surface area contributed by atoms with Gasteiger partial charge in [0.1, 0.15) is 11.9 Å². The lowest BCUT2D eigenvalue weighted by atomic mass is 9.53. The SMILES string of the molecule is CN(C(=O)c1ccc(NC2CCN(C(=O)OC3C4CC5C[C@H]3CC(O)(C5)C4)C2)nc1)C(C)(C)C. The van der Waals surface area contributed by atoms with Crippen molar-refractivity contribution in [2.45, 2.75) is 82.6 Å². The maximum absolute atomic E-state index is 12.9. The van der Waals surface area contributed by atoms with Crippen LogP contribution in [-0.4, -0.2) is 75.3 Å². The van der Waals surface area contributed by atoms with Crippen molar-refractivity contribution in [3.63, 3.8) is 0 Å². The van der Waals surface area contributed by atoms with Crippen LogP contribution >= 0.6 is 0 Å².